The number of nitrogens with two attached hydrogens (primary N) is 1. The van der Waals surface area contributed by atoms with E-state index in [0.29, 0.717) is 12.8 Å². The van der Waals surface area contributed by atoms with Gasteiger partial charge in [-0.3, -0.25) is 14.4 Å². The average Bonchev–Trinajstić information content (AvgIpc) is 2.79. The summed E-state index contributed by atoms with van der Waals surface area (Å²) in [7, 11) is 0. The first kappa shape index (κ1) is 31.9. The van der Waals surface area contributed by atoms with Gasteiger partial charge in [-0.2, -0.15) is 0 Å². The van der Waals surface area contributed by atoms with Crippen LogP contribution < -0.4 is 11.1 Å². The van der Waals surface area contributed by atoms with Crippen LogP contribution in [0, 0.1) is 0 Å². The number of aliphatic hydroxyl groups is 1. The van der Waals surface area contributed by atoms with E-state index in [4.69, 9.17) is 15.9 Å². The van der Waals surface area contributed by atoms with Crippen LogP contribution in [-0.2, 0) is 14.4 Å². The van der Waals surface area contributed by atoms with Crippen molar-refractivity contribution >= 4 is 29.6 Å². The van der Waals surface area contributed by atoms with Gasteiger partial charge in [-0.25, -0.2) is 0 Å². The van der Waals surface area contributed by atoms with Crippen LogP contribution in [-0.4, -0.2) is 62.9 Å². The van der Waals surface area contributed by atoms with Crippen molar-refractivity contribution in [1.29, 1.82) is 0 Å². The Balaban J connectivity index is 4.62. The van der Waals surface area contributed by atoms with Gasteiger partial charge in [0.15, 0.2) is 0 Å². The van der Waals surface area contributed by atoms with E-state index < -0.39 is 36.5 Å². The van der Waals surface area contributed by atoms with Crippen LogP contribution in [0.2, 0.25) is 0 Å². The van der Waals surface area contributed by atoms with Crippen molar-refractivity contribution in [3.63, 3.8) is 0 Å². The molecule has 1 unspecified atom stereocenters. The molecule has 0 rings (SSSR count). The number of aliphatic carboxylic acids is 2. The number of carboxylic acids is 2. The molecular weight excluding hydrogens is 456 g/mol. The molecule has 1 amide bonds. The molecule has 3 atom stereocenters. The molecule has 0 saturated heterocycles. The minimum Gasteiger partial charge on any atom is -0.481 e. The maximum atomic E-state index is 11.9. The number of aliphatic hydroxyl groups excluding tert-OH is 1. The number of thioether (sulfide) groups is 1. The molecule has 34 heavy (non-hydrogen) atoms. The fourth-order valence-electron chi connectivity index (χ4n) is 3.03. The summed E-state index contributed by atoms with van der Waals surface area (Å²) in [6.07, 6.45) is 20.0. The molecule has 0 aromatic heterocycles. The van der Waals surface area contributed by atoms with Crippen molar-refractivity contribution in [1.82, 2.24) is 5.32 Å². The zero-order valence-electron chi connectivity index (χ0n) is 20.2. The van der Waals surface area contributed by atoms with Gasteiger partial charge in [0.25, 0.3) is 0 Å². The van der Waals surface area contributed by atoms with Crippen LogP contribution >= 0.6 is 11.8 Å². The number of allylic oxidation sites excluding steroid dienone is 5. The fraction of sp³-hybridized carbons (Fsp3) is 0.640. The highest BCUT2D eigenvalue weighted by Crippen LogP contribution is 2.21. The van der Waals surface area contributed by atoms with Crippen molar-refractivity contribution in [3.8, 4) is 0 Å². The third kappa shape index (κ3) is 19.4. The Morgan fingerprint density at radius 3 is 2.29 bits per heavy atom. The van der Waals surface area contributed by atoms with Gasteiger partial charge in [0.05, 0.1) is 12.1 Å². The quantitative estimate of drug-likeness (QED) is 0.119. The van der Waals surface area contributed by atoms with Gasteiger partial charge < -0.3 is 26.4 Å². The smallest absolute Gasteiger partial charge is 0.322 e. The highest BCUT2D eigenvalue weighted by atomic mass is 32.2. The number of carbonyl (C=O) groups is 3. The second kappa shape index (κ2) is 21.4. The molecule has 0 bridgehead atoms. The first-order valence-electron chi connectivity index (χ1n) is 12.0. The zero-order valence-corrected chi connectivity index (χ0v) is 21.0. The van der Waals surface area contributed by atoms with E-state index in [-0.39, 0.29) is 17.4 Å². The van der Waals surface area contributed by atoms with Crippen molar-refractivity contribution in [2.45, 2.75) is 88.5 Å². The Morgan fingerprint density at radius 1 is 0.941 bits per heavy atom. The molecule has 0 spiro atoms. The first-order chi connectivity index (χ1) is 16.3. The normalized spacial score (nSPS) is 14.6. The van der Waals surface area contributed by atoms with Gasteiger partial charge in [0.2, 0.25) is 5.91 Å². The average molecular weight is 499 g/mol. The predicted octanol–water partition coefficient (Wildman–Crippen LogP) is 3.65. The number of carboxylic acid groups (broad SMARTS) is 2. The van der Waals surface area contributed by atoms with E-state index in [2.05, 4.69) is 18.3 Å². The lowest BCUT2D eigenvalue weighted by molar-refractivity contribution is -0.138. The van der Waals surface area contributed by atoms with Gasteiger partial charge in [-0.1, -0.05) is 75.5 Å². The first-order valence-corrected chi connectivity index (χ1v) is 13.1. The largest absolute Gasteiger partial charge is 0.481 e. The van der Waals surface area contributed by atoms with Gasteiger partial charge in [-0.05, 0) is 25.7 Å². The Morgan fingerprint density at radius 2 is 1.62 bits per heavy atom. The molecule has 8 nitrogen and oxygen atoms in total. The summed E-state index contributed by atoms with van der Waals surface area (Å²) < 4.78 is 0. The summed E-state index contributed by atoms with van der Waals surface area (Å²) in [6.45, 7) is 1.71. The SMILES string of the molecule is CCCCCCCC\C=C/C=C/C=C/C(SC[C@H](N)C(=O)NCC(=O)O)[C@@H](O)CCCC(=O)O. The van der Waals surface area contributed by atoms with E-state index in [0.717, 1.165) is 6.42 Å². The van der Waals surface area contributed by atoms with Crippen LogP contribution in [0.1, 0.15) is 71.1 Å². The zero-order chi connectivity index (χ0) is 25.6. The lowest BCUT2D eigenvalue weighted by Crippen LogP contribution is -2.44. The topological polar surface area (TPSA) is 150 Å². The molecule has 0 aliphatic carbocycles. The molecule has 0 fully saturated rings. The number of nitrogens with one attached hydrogen (secondary N) is 1. The molecule has 9 heteroatoms. The van der Waals surface area contributed by atoms with Gasteiger partial charge >= 0.3 is 11.9 Å². The number of amides is 1. The summed E-state index contributed by atoms with van der Waals surface area (Å²) in [5, 5.41) is 29.8. The molecule has 0 heterocycles. The highest BCUT2D eigenvalue weighted by Gasteiger charge is 2.21. The molecule has 0 aliphatic heterocycles. The van der Waals surface area contributed by atoms with Crippen LogP contribution in [0.3, 0.4) is 0 Å². The molecule has 0 aromatic carbocycles. The molecule has 0 aliphatic rings. The van der Waals surface area contributed by atoms with E-state index in [1.807, 2.05) is 24.3 Å². The van der Waals surface area contributed by atoms with Gasteiger partial charge in [0, 0.05) is 17.4 Å². The fourth-order valence-corrected chi connectivity index (χ4v) is 4.17. The number of hydrogen-bond acceptors (Lipinski definition) is 6. The van der Waals surface area contributed by atoms with Crippen molar-refractivity contribution in [2.24, 2.45) is 5.73 Å². The lowest BCUT2D eigenvalue weighted by Gasteiger charge is -2.21. The molecule has 0 radical (unpaired) electrons. The third-order valence-corrected chi connectivity index (χ3v) is 6.39. The monoisotopic (exact) mass is 498 g/mol. The maximum absolute atomic E-state index is 11.9. The summed E-state index contributed by atoms with van der Waals surface area (Å²) in [4.78, 5) is 33.2. The van der Waals surface area contributed by atoms with Gasteiger partial charge in [-0.15, -0.1) is 11.8 Å². The highest BCUT2D eigenvalue weighted by molar-refractivity contribution is 8.00. The molecular formula is C25H42N2O6S. The van der Waals surface area contributed by atoms with E-state index in [9.17, 15) is 19.5 Å². The minimum absolute atomic E-state index is 0.0292. The second-order valence-corrected chi connectivity index (χ2v) is 9.33. The predicted molar refractivity (Wildman–Crippen MR) is 138 cm³/mol. The van der Waals surface area contributed by atoms with Crippen LogP contribution in [0.4, 0.5) is 0 Å². The second-order valence-electron chi connectivity index (χ2n) is 8.12. The summed E-state index contributed by atoms with van der Waals surface area (Å²) >= 11 is 1.27. The van der Waals surface area contributed by atoms with E-state index in [1.165, 1.54) is 50.3 Å². The molecule has 0 aromatic rings. The standard InChI is InChI=1S/C25H42N2O6S/c1-2-3-4-5-6-7-8-9-10-11-12-13-16-22(21(28)15-14-17-23(29)30)34-19-20(26)25(33)27-18-24(31)32/h9-13,16,20-22,28H,2-8,14-15,17-19,26H2,1H3,(H,27,33)(H,29,30)(H,31,32)/b10-9-,12-11+,16-13+/t20-,21-,22?/m0/s1. The van der Waals surface area contributed by atoms with E-state index >= 15 is 0 Å². The number of hydrogen-bond donors (Lipinski definition) is 5. The lowest BCUT2D eigenvalue weighted by atomic mass is 10.1. The van der Waals surface area contributed by atoms with Crippen molar-refractivity contribution in [3.05, 3.63) is 36.5 Å². The Bertz CT molecular complexity index is 666. The van der Waals surface area contributed by atoms with Crippen LogP contribution in [0.15, 0.2) is 36.5 Å². The maximum Gasteiger partial charge on any atom is 0.322 e. The Labute approximate surface area is 207 Å². The number of carbonyl (C=O) groups excluding carboxylic acids is 1. The van der Waals surface area contributed by atoms with E-state index in [1.54, 1.807) is 6.08 Å². The Hall–Kier alpha value is -2.10. The molecule has 6 N–H and O–H groups in total. The summed E-state index contributed by atoms with van der Waals surface area (Å²) in [6, 6.07) is -0.924. The van der Waals surface area contributed by atoms with Crippen molar-refractivity contribution < 1.29 is 29.7 Å². The van der Waals surface area contributed by atoms with Gasteiger partial charge in [0.1, 0.15) is 6.54 Å². The van der Waals surface area contributed by atoms with Crippen molar-refractivity contribution in [2.75, 3.05) is 12.3 Å². The summed E-state index contributed by atoms with van der Waals surface area (Å²) in [5.41, 5.74) is 5.83. The number of unbranched alkanes of at least 4 members (excludes halogenated alkanes) is 6. The third-order valence-electron chi connectivity index (χ3n) is 4.98. The summed E-state index contributed by atoms with van der Waals surface area (Å²) in [5.74, 6) is -2.47. The number of rotatable bonds is 21. The minimum atomic E-state index is -1.16. The Kier molecular flexibility index (Phi) is 20.1. The molecule has 194 valence electrons. The van der Waals surface area contributed by atoms with Crippen LogP contribution in [0.25, 0.3) is 0 Å². The molecule has 0 saturated carbocycles. The van der Waals surface area contributed by atoms with Crippen LogP contribution in [0.5, 0.6) is 0 Å².